The molecule has 0 radical (unpaired) electrons. The number of morpholine rings is 1. The summed E-state index contributed by atoms with van der Waals surface area (Å²) in [5, 5.41) is 4.60. The number of hydrogen-bond acceptors (Lipinski definition) is 5. The van der Waals surface area contributed by atoms with E-state index in [1.54, 1.807) is 17.1 Å². The molecule has 3 heterocycles. The lowest BCUT2D eigenvalue weighted by atomic mass is 10.1. The van der Waals surface area contributed by atoms with E-state index in [1.807, 2.05) is 25.2 Å². The van der Waals surface area contributed by atoms with Crippen molar-refractivity contribution in [1.82, 2.24) is 19.7 Å². The largest absolute Gasteiger partial charge is 0.493 e. The number of ether oxygens (including phenoxy) is 2. The minimum absolute atomic E-state index is 0.130. The molecule has 4 rings (SSSR count). The Labute approximate surface area is 184 Å². The number of benzene rings is 1. The van der Waals surface area contributed by atoms with Crippen LogP contribution in [-0.4, -0.2) is 46.0 Å². The Morgan fingerprint density at radius 2 is 1.97 bits per heavy atom. The predicted molar refractivity (Wildman–Crippen MR) is 112 cm³/mol. The maximum atomic E-state index is 12.9. The number of halogens is 3. The zero-order chi connectivity index (χ0) is 22.6. The van der Waals surface area contributed by atoms with Crippen molar-refractivity contribution in [2.24, 2.45) is 7.05 Å². The smallest absolute Gasteiger partial charge is 0.416 e. The molecule has 0 bridgehead atoms. The van der Waals surface area contributed by atoms with E-state index in [9.17, 15) is 13.2 Å². The van der Waals surface area contributed by atoms with Crippen molar-refractivity contribution in [3.8, 4) is 5.75 Å². The summed E-state index contributed by atoms with van der Waals surface area (Å²) in [4.78, 5) is 6.38. The number of aromatic nitrogens is 3. The molecule has 0 amide bonds. The topological polar surface area (TPSA) is 52.4 Å². The van der Waals surface area contributed by atoms with Crippen LogP contribution in [0.1, 0.15) is 28.6 Å². The van der Waals surface area contributed by atoms with Crippen LogP contribution < -0.4 is 4.74 Å². The molecule has 1 atom stereocenters. The van der Waals surface area contributed by atoms with Crippen molar-refractivity contribution in [1.29, 1.82) is 0 Å². The molecule has 0 spiro atoms. The second-order valence-electron chi connectivity index (χ2n) is 7.76. The van der Waals surface area contributed by atoms with Gasteiger partial charge in [-0.25, -0.2) is 0 Å². The predicted octanol–water partition coefficient (Wildman–Crippen LogP) is 4.03. The summed E-state index contributed by atoms with van der Waals surface area (Å²) in [6.45, 7) is 3.29. The molecule has 3 aromatic rings. The van der Waals surface area contributed by atoms with Crippen LogP contribution in [0.25, 0.3) is 0 Å². The number of rotatable bonds is 7. The Hall–Kier alpha value is -2.91. The first-order valence-electron chi connectivity index (χ1n) is 10.4. The molecule has 1 aliphatic heterocycles. The van der Waals surface area contributed by atoms with Crippen molar-refractivity contribution in [2.75, 3.05) is 26.3 Å². The average molecular weight is 446 g/mol. The van der Waals surface area contributed by atoms with Gasteiger partial charge >= 0.3 is 6.18 Å². The molecular formula is C23H25F3N4O2. The molecule has 0 aliphatic carbocycles. The fraction of sp³-hybridized carbons (Fsp3) is 0.391. The number of aryl methyl sites for hydroxylation is 1. The fourth-order valence-corrected chi connectivity index (χ4v) is 3.73. The van der Waals surface area contributed by atoms with Gasteiger partial charge in [-0.1, -0.05) is 6.07 Å². The molecule has 9 heteroatoms. The molecule has 0 N–H and O–H groups in total. The van der Waals surface area contributed by atoms with Gasteiger partial charge in [0.2, 0.25) is 0 Å². The highest BCUT2D eigenvalue weighted by molar-refractivity contribution is 5.30. The van der Waals surface area contributed by atoms with Crippen LogP contribution in [-0.2, 0) is 30.9 Å². The van der Waals surface area contributed by atoms with Crippen molar-refractivity contribution in [3.63, 3.8) is 0 Å². The van der Waals surface area contributed by atoms with Crippen LogP contribution in [0.3, 0.4) is 0 Å². The summed E-state index contributed by atoms with van der Waals surface area (Å²) in [6, 6.07) is 10.9. The fourth-order valence-electron chi connectivity index (χ4n) is 3.73. The van der Waals surface area contributed by atoms with Crippen LogP contribution in [0.4, 0.5) is 13.2 Å². The molecule has 2 aromatic heterocycles. The molecule has 170 valence electrons. The van der Waals surface area contributed by atoms with Crippen molar-refractivity contribution >= 4 is 0 Å². The Morgan fingerprint density at radius 3 is 2.75 bits per heavy atom. The van der Waals surface area contributed by atoms with Gasteiger partial charge in [0.25, 0.3) is 0 Å². The monoisotopic (exact) mass is 446 g/mol. The Morgan fingerprint density at radius 1 is 1.16 bits per heavy atom. The molecule has 32 heavy (non-hydrogen) atoms. The first-order valence-corrected chi connectivity index (χ1v) is 10.4. The summed E-state index contributed by atoms with van der Waals surface area (Å²) in [7, 11) is 1.85. The second-order valence-corrected chi connectivity index (χ2v) is 7.76. The van der Waals surface area contributed by atoms with Crippen molar-refractivity contribution in [2.45, 2.75) is 25.2 Å². The summed E-state index contributed by atoms with van der Waals surface area (Å²) in [5.74, 6) is 0.199. The van der Waals surface area contributed by atoms with E-state index in [-0.39, 0.29) is 18.5 Å². The highest BCUT2D eigenvalue weighted by atomic mass is 19.4. The molecule has 1 fully saturated rings. The van der Waals surface area contributed by atoms with Gasteiger partial charge in [0.1, 0.15) is 11.9 Å². The first-order chi connectivity index (χ1) is 15.4. The van der Waals surface area contributed by atoms with Gasteiger partial charge < -0.3 is 9.47 Å². The number of hydrogen-bond donors (Lipinski definition) is 0. The maximum Gasteiger partial charge on any atom is 0.416 e. The van der Waals surface area contributed by atoms with Crippen LogP contribution in [0.5, 0.6) is 5.75 Å². The minimum Gasteiger partial charge on any atom is -0.493 e. The Kier molecular flexibility index (Phi) is 6.76. The standard InChI is InChI=1S/C23H25F3N4O2/c1-29-19(7-11-31-20-4-2-3-18(13-20)23(24,25)26)14-21(28-29)22-16-30(10-12-32-22)15-17-5-8-27-9-6-17/h2-6,8-9,13-14,22H,7,10-12,15-16H2,1H3/t22-/m1/s1. The van der Waals surface area contributed by atoms with E-state index < -0.39 is 11.7 Å². The molecule has 1 aromatic carbocycles. The van der Waals surface area contributed by atoms with Crippen molar-refractivity contribution < 1.29 is 22.6 Å². The van der Waals surface area contributed by atoms with E-state index in [2.05, 4.69) is 15.0 Å². The van der Waals surface area contributed by atoms with E-state index in [0.717, 1.165) is 43.2 Å². The maximum absolute atomic E-state index is 12.9. The first kappa shape index (κ1) is 22.3. The summed E-state index contributed by atoms with van der Waals surface area (Å²) >= 11 is 0. The van der Waals surface area contributed by atoms with Crippen LogP contribution in [0, 0.1) is 0 Å². The molecule has 6 nitrogen and oxygen atoms in total. The van der Waals surface area contributed by atoms with Gasteiger partial charge in [-0.15, -0.1) is 0 Å². The van der Waals surface area contributed by atoms with Crippen LogP contribution >= 0.6 is 0 Å². The van der Waals surface area contributed by atoms with Gasteiger partial charge in [0.05, 0.1) is 24.5 Å². The minimum atomic E-state index is -4.39. The third-order valence-electron chi connectivity index (χ3n) is 5.42. The van der Waals surface area contributed by atoms with Gasteiger partial charge in [-0.3, -0.25) is 14.6 Å². The molecule has 1 aliphatic rings. The number of alkyl halides is 3. The van der Waals surface area contributed by atoms with E-state index >= 15 is 0 Å². The third kappa shape index (κ3) is 5.66. The van der Waals surface area contributed by atoms with E-state index in [1.165, 1.54) is 17.7 Å². The average Bonchev–Trinajstić information content (AvgIpc) is 3.15. The SMILES string of the molecule is Cn1nc([C@H]2CN(Cc3ccncc3)CCO2)cc1CCOc1cccc(C(F)(F)F)c1. The zero-order valence-corrected chi connectivity index (χ0v) is 17.8. The highest BCUT2D eigenvalue weighted by Crippen LogP contribution is 2.31. The molecular weight excluding hydrogens is 421 g/mol. The van der Waals surface area contributed by atoms with Crippen LogP contribution in [0.15, 0.2) is 54.9 Å². The summed E-state index contributed by atoms with van der Waals surface area (Å²) < 4.78 is 51.8. The van der Waals surface area contributed by atoms with Crippen LogP contribution in [0.2, 0.25) is 0 Å². The summed E-state index contributed by atoms with van der Waals surface area (Å²) in [6.07, 6.45) is -0.413. The van der Waals surface area contributed by atoms with Gasteiger partial charge in [-0.2, -0.15) is 18.3 Å². The van der Waals surface area contributed by atoms with E-state index in [4.69, 9.17) is 9.47 Å². The molecule has 0 saturated carbocycles. The highest BCUT2D eigenvalue weighted by Gasteiger charge is 2.30. The Balaban J connectivity index is 1.33. The molecule has 1 saturated heterocycles. The quantitative estimate of drug-likeness (QED) is 0.549. The van der Waals surface area contributed by atoms with Gasteiger partial charge in [0.15, 0.2) is 0 Å². The van der Waals surface area contributed by atoms with Crippen molar-refractivity contribution in [3.05, 3.63) is 77.4 Å². The van der Waals surface area contributed by atoms with Gasteiger partial charge in [-0.05, 0) is 42.0 Å². The van der Waals surface area contributed by atoms with Gasteiger partial charge in [0, 0.05) is 51.2 Å². The molecule has 0 unspecified atom stereocenters. The number of nitrogens with zero attached hydrogens (tertiary/aromatic N) is 4. The zero-order valence-electron chi connectivity index (χ0n) is 17.8. The lowest BCUT2D eigenvalue weighted by molar-refractivity contribution is -0.137. The third-order valence-corrected chi connectivity index (χ3v) is 5.42. The normalized spacial score (nSPS) is 17.4. The van der Waals surface area contributed by atoms with E-state index in [0.29, 0.717) is 13.0 Å². The Bertz CT molecular complexity index is 1020. The number of pyridine rings is 1. The summed E-state index contributed by atoms with van der Waals surface area (Å²) in [5.41, 5.74) is 2.26. The second kappa shape index (κ2) is 9.70. The lowest BCUT2D eigenvalue weighted by Gasteiger charge is -2.32. The lowest BCUT2D eigenvalue weighted by Crippen LogP contribution is -2.38.